The van der Waals surface area contributed by atoms with Gasteiger partial charge in [0, 0.05) is 30.1 Å². The van der Waals surface area contributed by atoms with Crippen LogP contribution in [-0.4, -0.2) is 28.6 Å². The smallest absolute Gasteiger partial charge is 0.257 e. The molecule has 29 heavy (non-hydrogen) atoms. The monoisotopic (exact) mass is 406 g/mol. The van der Waals surface area contributed by atoms with Crippen molar-refractivity contribution in [2.75, 3.05) is 16.8 Å². The predicted octanol–water partition coefficient (Wildman–Crippen LogP) is 4.18. The first-order chi connectivity index (χ1) is 14.1. The molecule has 1 aliphatic heterocycles. The van der Waals surface area contributed by atoms with E-state index in [1.54, 1.807) is 6.07 Å². The summed E-state index contributed by atoms with van der Waals surface area (Å²) in [5, 5.41) is 12.4. The van der Waals surface area contributed by atoms with Gasteiger partial charge in [-0.1, -0.05) is 54.7 Å². The molecule has 148 valence electrons. The van der Waals surface area contributed by atoms with Crippen molar-refractivity contribution in [1.82, 2.24) is 10.2 Å². The average Bonchev–Trinajstić information content (AvgIpc) is 3.34. The van der Waals surface area contributed by atoms with Gasteiger partial charge < -0.3 is 4.90 Å². The second-order valence-corrected chi connectivity index (χ2v) is 8.11. The fraction of sp³-hybridized carbons (Fsp3) is 0.273. The number of carbonyl (C=O) groups excluding carboxylic acids is 2. The maximum atomic E-state index is 12.6. The lowest BCUT2D eigenvalue weighted by atomic mass is 10.1. The van der Waals surface area contributed by atoms with Gasteiger partial charge in [0.25, 0.3) is 5.91 Å². The standard InChI is InChI=1S/C22H22N4O2S/c1-3-15-9-5-7-11-18(15)26-13-16(12-19(26)27)21-24-25-22(29-21)23-20(28)17-10-6-4-8-14(17)2/h4-11,16H,3,12-13H2,1-2H3,(H,23,25,28). The van der Waals surface area contributed by atoms with Crippen LogP contribution in [-0.2, 0) is 11.2 Å². The highest BCUT2D eigenvalue weighted by molar-refractivity contribution is 7.15. The Kier molecular flexibility index (Phi) is 5.40. The zero-order valence-electron chi connectivity index (χ0n) is 16.4. The highest BCUT2D eigenvalue weighted by Crippen LogP contribution is 2.35. The molecule has 0 bridgehead atoms. The average molecular weight is 407 g/mol. The van der Waals surface area contributed by atoms with Crippen molar-refractivity contribution in [2.24, 2.45) is 0 Å². The third-order valence-electron chi connectivity index (χ3n) is 5.19. The van der Waals surface area contributed by atoms with E-state index in [1.807, 2.05) is 48.2 Å². The minimum atomic E-state index is -0.202. The van der Waals surface area contributed by atoms with Crippen molar-refractivity contribution >= 4 is 34.0 Å². The highest BCUT2D eigenvalue weighted by atomic mass is 32.1. The molecule has 0 aliphatic carbocycles. The summed E-state index contributed by atoms with van der Waals surface area (Å²) in [5.74, 6) is -0.127. The minimum absolute atomic E-state index is 0.0194. The molecule has 1 unspecified atom stereocenters. The van der Waals surface area contributed by atoms with E-state index in [2.05, 4.69) is 28.5 Å². The lowest BCUT2D eigenvalue weighted by molar-refractivity contribution is -0.117. The first kappa shape index (κ1) is 19.3. The van der Waals surface area contributed by atoms with Gasteiger partial charge in [0.05, 0.1) is 0 Å². The van der Waals surface area contributed by atoms with Crippen molar-refractivity contribution in [3.63, 3.8) is 0 Å². The van der Waals surface area contributed by atoms with Crippen molar-refractivity contribution in [3.05, 3.63) is 70.2 Å². The molecule has 4 rings (SSSR count). The molecular formula is C22H22N4O2S. The van der Waals surface area contributed by atoms with Crippen molar-refractivity contribution in [2.45, 2.75) is 32.6 Å². The quantitative estimate of drug-likeness (QED) is 0.690. The van der Waals surface area contributed by atoms with E-state index in [-0.39, 0.29) is 17.7 Å². The van der Waals surface area contributed by atoms with Crippen LogP contribution in [0, 0.1) is 6.92 Å². The van der Waals surface area contributed by atoms with Gasteiger partial charge in [-0.2, -0.15) is 0 Å². The Labute approximate surface area is 173 Å². The molecule has 0 radical (unpaired) electrons. The maximum Gasteiger partial charge on any atom is 0.257 e. The number of nitrogens with zero attached hydrogens (tertiary/aromatic N) is 3. The Bertz CT molecular complexity index is 1060. The van der Waals surface area contributed by atoms with Crippen LogP contribution in [0.15, 0.2) is 48.5 Å². The van der Waals surface area contributed by atoms with Crippen LogP contribution in [0.4, 0.5) is 10.8 Å². The number of hydrogen-bond donors (Lipinski definition) is 1. The molecule has 2 amide bonds. The summed E-state index contributed by atoms with van der Waals surface area (Å²) in [5.41, 5.74) is 3.65. The molecule has 0 spiro atoms. The SMILES string of the molecule is CCc1ccccc1N1CC(c2nnc(NC(=O)c3ccccc3C)s2)CC1=O. The van der Waals surface area contributed by atoms with Gasteiger partial charge in [-0.3, -0.25) is 14.9 Å². The van der Waals surface area contributed by atoms with Crippen LogP contribution in [0.25, 0.3) is 0 Å². The van der Waals surface area contributed by atoms with E-state index >= 15 is 0 Å². The van der Waals surface area contributed by atoms with E-state index < -0.39 is 0 Å². The van der Waals surface area contributed by atoms with E-state index in [1.165, 1.54) is 11.3 Å². The van der Waals surface area contributed by atoms with Crippen LogP contribution in [0.3, 0.4) is 0 Å². The molecule has 3 aromatic rings. The van der Waals surface area contributed by atoms with Crippen LogP contribution in [0.1, 0.15) is 45.8 Å². The molecule has 1 fully saturated rings. The highest BCUT2D eigenvalue weighted by Gasteiger charge is 2.34. The summed E-state index contributed by atoms with van der Waals surface area (Å²) in [6.45, 7) is 4.56. The van der Waals surface area contributed by atoms with E-state index in [9.17, 15) is 9.59 Å². The molecule has 1 aromatic heterocycles. The Morgan fingerprint density at radius 2 is 1.93 bits per heavy atom. The van der Waals surface area contributed by atoms with Gasteiger partial charge in [0.2, 0.25) is 11.0 Å². The first-order valence-corrected chi connectivity index (χ1v) is 10.5. The second-order valence-electron chi connectivity index (χ2n) is 7.10. The van der Waals surface area contributed by atoms with Crippen LogP contribution >= 0.6 is 11.3 Å². The van der Waals surface area contributed by atoms with Crippen LogP contribution in [0.5, 0.6) is 0 Å². The van der Waals surface area contributed by atoms with Gasteiger partial charge in [-0.05, 0) is 36.6 Å². The number of para-hydroxylation sites is 1. The van der Waals surface area contributed by atoms with E-state index in [0.717, 1.165) is 28.2 Å². The largest absolute Gasteiger partial charge is 0.311 e. The summed E-state index contributed by atoms with van der Waals surface area (Å²) < 4.78 is 0. The lowest BCUT2D eigenvalue weighted by Gasteiger charge is -2.19. The molecule has 1 atom stereocenters. The molecule has 1 N–H and O–H groups in total. The first-order valence-electron chi connectivity index (χ1n) is 9.65. The number of anilines is 2. The maximum absolute atomic E-state index is 12.6. The molecule has 1 aliphatic rings. The number of aromatic nitrogens is 2. The normalized spacial score (nSPS) is 16.3. The number of hydrogen-bond acceptors (Lipinski definition) is 5. The molecule has 6 nitrogen and oxygen atoms in total. The zero-order chi connectivity index (χ0) is 20.4. The Hall–Kier alpha value is -3.06. The summed E-state index contributed by atoms with van der Waals surface area (Å²) in [4.78, 5) is 27.0. The fourth-order valence-electron chi connectivity index (χ4n) is 3.62. The molecular weight excluding hydrogens is 384 g/mol. The van der Waals surface area contributed by atoms with Gasteiger partial charge in [-0.25, -0.2) is 0 Å². The third-order valence-corrected chi connectivity index (χ3v) is 6.19. The number of rotatable bonds is 5. The van der Waals surface area contributed by atoms with Gasteiger partial charge in [-0.15, -0.1) is 10.2 Å². The number of benzene rings is 2. The fourth-order valence-corrected chi connectivity index (χ4v) is 4.45. The number of carbonyl (C=O) groups is 2. The van der Waals surface area contributed by atoms with Crippen LogP contribution in [0.2, 0.25) is 0 Å². The van der Waals surface area contributed by atoms with Gasteiger partial charge >= 0.3 is 0 Å². The summed E-state index contributed by atoms with van der Waals surface area (Å²) in [6.07, 6.45) is 1.27. The molecule has 1 saturated heterocycles. The van der Waals surface area contributed by atoms with Crippen molar-refractivity contribution < 1.29 is 9.59 Å². The zero-order valence-corrected chi connectivity index (χ0v) is 17.2. The molecule has 2 aromatic carbocycles. The number of aryl methyl sites for hydroxylation is 2. The Morgan fingerprint density at radius 3 is 2.72 bits per heavy atom. The molecule has 0 saturated carbocycles. The summed E-state index contributed by atoms with van der Waals surface area (Å²) in [6, 6.07) is 15.4. The van der Waals surface area contributed by atoms with Crippen LogP contribution < -0.4 is 10.2 Å². The predicted molar refractivity (Wildman–Crippen MR) is 115 cm³/mol. The van der Waals surface area contributed by atoms with E-state index in [4.69, 9.17) is 0 Å². The second kappa shape index (κ2) is 8.13. The Balaban J connectivity index is 1.48. The summed E-state index contributed by atoms with van der Waals surface area (Å²) in [7, 11) is 0. The Morgan fingerprint density at radius 1 is 1.17 bits per heavy atom. The van der Waals surface area contributed by atoms with Gasteiger partial charge in [0.15, 0.2) is 0 Å². The van der Waals surface area contributed by atoms with Gasteiger partial charge in [0.1, 0.15) is 5.01 Å². The van der Waals surface area contributed by atoms with Crippen molar-refractivity contribution in [1.29, 1.82) is 0 Å². The number of amides is 2. The van der Waals surface area contributed by atoms with E-state index in [0.29, 0.717) is 23.7 Å². The summed E-state index contributed by atoms with van der Waals surface area (Å²) >= 11 is 1.34. The molecule has 7 heteroatoms. The van der Waals surface area contributed by atoms with Crippen molar-refractivity contribution in [3.8, 4) is 0 Å². The molecule has 2 heterocycles. The topological polar surface area (TPSA) is 75.2 Å². The number of nitrogens with one attached hydrogen (secondary N) is 1. The lowest BCUT2D eigenvalue weighted by Crippen LogP contribution is -2.25. The minimum Gasteiger partial charge on any atom is -0.311 e. The third kappa shape index (κ3) is 3.91.